The van der Waals surface area contributed by atoms with Crippen LogP contribution in [0, 0.1) is 0 Å². The molecule has 2 heteroatoms. The van der Waals surface area contributed by atoms with E-state index in [4.69, 9.17) is 4.42 Å². The molecule has 0 bridgehead atoms. The van der Waals surface area contributed by atoms with Crippen molar-refractivity contribution in [1.82, 2.24) is 0 Å². The molecule has 0 fully saturated rings. The molecule has 0 aliphatic heterocycles. The first-order valence-corrected chi connectivity index (χ1v) is 20.3. The summed E-state index contributed by atoms with van der Waals surface area (Å²) in [5.41, 5.74) is 19.6. The third kappa shape index (κ3) is 4.98. The van der Waals surface area contributed by atoms with Gasteiger partial charge in [-0.25, -0.2) is 0 Å². The number of nitrogens with zero attached hydrogens (tertiary/aromatic N) is 1. The Labute approximate surface area is 339 Å². The van der Waals surface area contributed by atoms with Gasteiger partial charge in [0.25, 0.3) is 0 Å². The molecule has 0 atom stereocenters. The summed E-state index contributed by atoms with van der Waals surface area (Å²) in [6.45, 7) is 6.42. The molecule has 2 nitrogen and oxygen atoms in total. The van der Waals surface area contributed by atoms with Crippen LogP contribution >= 0.6 is 0 Å². The van der Waals surface area contributed by atoms with Gasteiger partial charge in [0.15, 0.2) is 0 Å². The average Bonchev–Trinajstić information content (AvgIpc) is 3.92. The maximum atomic E-state index is 7.13. The number of anilines is 2. The van der Waals surface area contributed by atoms with Crippen molar-refractivity contribution in [3.63, 3.8) is 0 Å². The number of hydrogen-bond acceptors (Lipinski definition) is 2. The van der Waals surface area contributed by atoms with E-state index in [0.29, 0.717) is 0 Å². The quantitative estimate of drug-likeness (QED) is 0.151. The minimum Gasteiger partial charge on any atom is -0.455 e. The molecule has 3 aliphatic carbocycles. The standard InChI is InChI=1S/C56H41NO/c1-3-4-6-17-37(2)38-28-32-41(33-29-38)57(42-34-30-40(31-35-42)39-18-7-5-8-19-39)51-36-50-53(55-54(51)46-23-12-16-27-52(46)58-55)45-22-11-15-26-49(45)56(50)47-24-13-9-20-43(47)44-21-10-14-25-48(44)56/h3-30,32-34,36H,2,31,35H2,1H3/b4-3-,17-6-. The highest BCUT2D eigenvalue weighted by Crippen LogP contribution is 2.65. The number of hydrogen-bond donors (Lipinski definition) is 0. The zero-order valence-electron chi connectivity index (χ0n) is 32.5. The lowest BCUT2D eigenvalue weighted by molar-refractivity contribution is 0.669. The van der Waals surface area contributed by atoms with Crippen LogP contribution in [-0.4, -0.2) is 0 Å². The third-order valence-corrected chi connectivity index (χ3v) is 12.5. The van der Waals surface area contributed by atoms with Crippen LogP contribution in [0.4, 0.5) is 11.4 Å². The zero-order valence-corrected chi connectivity index (χ0v) is 32.5. The molecule has 0 unspecified atom stereocenters. The minimum atomic E-state index is -0.519. The van der Waals surface area contributed by atoms with Crippen LogP contribution < -0.4 is 4.90 Å². The second-order valence-electron chi connectivity index (χ2n) is 15.5. The fourth-order valence-corrected chi connectivity index (χ4v) is 9.98. The highest BCUT2D eigenvalue weighted by Gasteiger charge is 2.53. The number of allylic oxidation sites excluding steroid dienone is 9. The molecule has 0 amide bonds. The predicted octanol–water partition coefficient (Wildman–Crippen LogP) is 15.0. The van der Waals surface area contributed by atoms with E-state index in [2.05, 4.69) is 187 Å². The van der Waals surface area contributed by atoms with Gasteiger partial charge >= 0.3 is 0 Å². The summed E-state index contributed by atoms with van der Waals surface area (Å²) >= 11 is 0. The number of furan rings is 1. The van der Waals surface area contributed by atoms with Crippen LogP contribution in [0.15, 0.2) is 211 Å². The molecule has 276 valence electrons. The largest absolute Gasteiger partial charge is 0.455 e. The Morgan fingerprint density at radius 1 is 0.638 bits per heavy atom. The fraction of sp³-hybridized carbons (Fsp3) is 0.0714. The summed E-state index contributed by atoms with van der Waals surface area (Å²) in [6, 6.07) is 57.8. The Kier molecular flexibility index (Phi) is 7.94. The Bertz CT molecular complexity index is 3030. The van der Waals surface area contributed by atoms with E-state index < -0.39 is 5.41 Å². The van der Waals surface area contributed by atoms with Crippen LogP contribution in [0.2, 0.25) is 0 Å². The van der Waals surface area contributed by atoms with Crippen molar-refractivity contribution in [2.45, 2.75) is 25.2 Å². The molecular formula is C56H41NO. The lowest BCUT2D eigenvalue weighted by atomic mass is 9.70. The van der Waals surface area contributed by atoms with Crippen molar-refractivity contribution in [2.75, 3.05) is 4.90 Å². The van der Waals surface area contributed by atoms with Crippen molar-refractivity contribution in [3.8, 4) is 22.3 Å². The first-order chi connectivity index (χ1) is 28.7. The summed E-state index contributed by atoms with van der Waals surface area (Å²) in [7, 11) is 0. The fourth-order valence-electron chi connectivity index (χ4n) is 9.98. The predicted molar refractivity (Wildman–Crippen MR) is 243 cm³/mol. The third-order valence-electron chi connectivity index (χ3n) is 12.5. The van der Waals surface area contributed by atoms with Gasteiger partial charge in [-0.05, 0) is 111 Å². The second-order valence-corrected chi connectivity index (χ2v) is 15.5. The van der Waals surface area contributed by atoms with Gasteiger partial charge in [-0.3, -0.25) is 0 Å². The van der Waals surface area contributed by atoms with Gasteiger partial charge in [-0.1, -0.05) is 170 Å². The van der Waals surface area contributed by atoms with Crippen molar-refractivity contribution in [1.29, 1.82) is 0 Å². The summed E-state index contributed by atoms with van der Waals surface area (Å²) in [4.78, 5) is 2.51. The molecule has 1 spiro atoms. The minimum absolute atomic E-state index is 0.519. The van der Waals surface area contributed by atoms with E-state index in [9.17, 15) is 0 Å². The molecule has 1 aromatic heterocycles. The SMILES string of the molecule is C=C(/C=C\C=C/C)c1ccc(N(C2=CC=C(c3ccccc3)CC2)c2cc3c(c4oc5ccccc5c24)-c2ccccc2C32c3ccccc3-c3ccccc32)cc1. The highest BCUT2D eigenvalue weighted by molar-refractivity contribution is 6.19. The van der Waals surface area contributed by atoms with Gasteiger partial charge in [0.1, 0.15) is 11.2 Å². The Morgan fingerprint density at radius 2 is 1.28 bits per heavy atom. The number of fused-ring (bicyclic) bond motifs is 14. The maximum absolute atomic E-state index is 7.13. The Balaban J connectivity index is 1.22. The van der Waals surface area contributed by atoms with Crippen molar-refractivity contribution in [2.24, 2.45) is 0 Å². The van der Waals surface area contributed by atoms with Crippen LogP contribution in [-0.2, 0) is 5.41 Å². The molecule has 0 saturated carbocycles. The highest BCUT2D eigenvalue weighted by atomic mass is 16.3. The molecule has 3 aliphatic rings. The lowest BCUT2D eigenvalue weighted by Gasteiger charge is -2.34. The molecule has 7 aromatic carbocycles. The summed E-state index contributed by atoms with van der Waals surface area (Å²) in [5, 5.41) is 2.24. The van der Waals surface area contributed by atoms with Gasteiger partial charge in [-0.15, -0.1) is 0 Å². The molecule has 8 aromatic rings. The number of rotatable bonds is 7. The van der Waals surface area contributed by atoms with Crippen molar-refractivity contribution >= 4 is 44.5 Å². The van der Waals surface area contributed by atoms with Crippen LogP contribution in [0.25, 0.3) is 55.3 Å². The normalized spacial score (nSPS) is 14.8. The van der Waals surface area contributed by atoms with Gasteiger partial charge < -0.3 is 9.32 Å². The molecule has 0 N–H and O–H groups in total. The maximum Gasteiger partial charge on any atom is 0.145 e. The van der Waals surface area contributed by atoms with Gasteiger partial charge in [-0.2, -0.15) is 0 Å². The Hall–Kier alpha value is -7.16. The molecular weight excluding hydrogens is 703 g/mol. The lowest BCUT2D eigenvalue weighted by Crippen LogP contribution is -2.26. The van der Waals surface area contributed by atoms with Crippen LogP contribution in [0.1, 0.15) is 53.1 Å². The van der Waals surface area contributed by atoms with E-state index in [1.807, 2.05) is 25.2 Å². The summed E-state index contributed by atoms with van der Waals surface area (Å²) in [6.07, 6.45) is 14.7. The zero-order chi connectivity index (χ0) is 38.8. The van der Waals surface area contributed by atoms with E-state index >= 15 is 0 Å². The second kappa shape index (κ2) is 13.5. The number of benzene rings is 7. The topological polar surface area (TPSA) is 16.4 Å². The van der Waals surface area contributed by atoms with Crippen molar-refractivity contribution in [3.05, 3.63) is 240 Å². The smallest absolute Gasteiger partial charge is 0.145 e. The van der Waals surface area contributed by atoms with E-state index in [1.165, 1.54) is 61.3 Å². The average molecular weight is 744 g/mol. The summed E-state index contributed by atoms with van der Waals surface area (Å²) < 4.78 is 7.13. The molecule has 11 rings (SSSR count). The van der Waals surface area contributed by atoms with Crippen LogP contribution in [0.5, 0.6) is 0 Å². The first kappa shape index (κ1) is 34.1. The molecule has 1 heterocycles. The van der Waals surface area contributed by atoms with Crippen molar-refractivity contribution < 1.29 is 4.42 Å². The monoisotopic (exact) mass is 743 g/mol. The van der Waals surface area contributed by atoms with Crippen LogP contribution in [0.3, 0.4) is 0 Å². The van der Waals surface area contributed by atoms with E-state index in [1.54, 1.807) is 0 Å². The molecule has 0 saturated heterocycles. The van der Waals surface area contributed by atoms with E-state index in [-0.39, 0.29) is 0 Å². The van der Waals surface area contributed by atoms with E-state index in [0.717, 1.165) is 57.3 Å². The molecule has 0 radical (unpaired) electrons. The van der Waals surface area contributed by atoms with Gasteiger partial charge in [0, 0.05) is 22.3 Å². The number of para-hydroxylation sites is 1. The Morgan fingerprint density at radius 3 is 1.97 bits per heavy atom. The summed E-state index contributed by atoms with van der Waals surface area (Å²) in [5.74, 6) is 0. The molecule has 58 heavy (non-hydrogen) atoms. The van der Waals surface area contributed by atoms with Gasteiger partial charge in [0.2, 0.25) is 0 Å². The first-order valence-electron chi connectivity index (χ1n) is 20.3. The van der Waals surface area contributed by atoms with Gasteiger partial charge in [0.05, 0.1) is 16.5 Å².